The number of amides is 1. The van der Waals surface area contributed by atoms with E-state index in [0.29, 0.717) is 13.1 Å². The maximum absolute atomic E-state index is 12.6. The van der Waals surface area contributed by atoms with Gasteiger partial charge in [0.1, 0.15) is 17.5 Å². The van der Waals surface area contributed by atoms with Gasteiger partial charge < -0.3 is 20.8 Å². The van der Waals surface area contributed by atoms with Gasteiger partial charge in [-0.05, 0) is 36.0 Å². The van der Waals surface area contributed by atoms with Crippen LogP contribution >= 0.6 is 0 Å². The molecule has 5 nitrogen and oxygen atoms in total. The largest absolute Gasteiger partial charge is 0.508 e. The Morgan fingerprint density at radius 3 is 2.38 bits per heavy atom. The lowest BCUT2D eigenvalue weighted by Crippen LogP contribution is -2.42. The van der Waals surface area contributed by atoms with E-state index in [0.717, 1.165) is 24.0 Å². The quantitative estimate of drug-likeness (QED) is 0.809. The van der Waals surface area contributed by atoms with Crippen molar-refractivity contribution < 1.29 is 15.0 Å². The molecule has 1 atom stereocenters. The van der Waals surface area contributed by atoms with Crippen LogP contribution in [0, 0.1) is 0 Å². The predicted molar refractivity (Wildman–Crippen MR) is 91.7 cm³/mol. The molecule has 0 bridgehead atoms. The molecule has 1 heterocycles. The van der Waals surface area contributed by atoms with Crippen molar-refractivity contribution in [3.63, 3.8) is 0 Å². The summed E-state index contributed by atoms with van der Waals surface area (Å²) < 4.78 is 0. The Balaban J connectivity index is 1.63. The van der Waals surface area contributed by atoms with Gasteiger partial charge in [-0.2, -0.15) is 0 Å². The van der Waals surface area contributed by atoms with Crippen LogP contribution < -0.4 is 5.73 Å². The van der Waals surface area contributed by atoms with E-state index in [2.05, 4.69) is 0 Å². The van der Waals surface area contributed by atoms with E-state index >= 15 is 0 Å². The van der Waals surface area contributed by atoms with E-state index in [-0.39, 0.29) is 23.3 Å². The summed E-state index contributed by atoms with van der Waals surface area (Å²) in [5.41, 5.74) is 7.74. The molecule has 0 spiro atoms. The van der Waals surface area contributed by atoms with E-state index < -0.39 is 6.04 Å². The lowest BCUT2D eigenvalue weighted by molar-refractivity contribution is -0.133. The number of carbonyl (C=O) groups excluding carboxylic acids is 1. The van der Waals surface area contributed by atoms with Gasteiger partial charge in [0.2, 0.25) is 5.91 Å². The highest BCUT2D eigenvalue weighted by atomic mass is 16.3. The second-order valence-corrected chi connectivity index (χ2v) is 6.23. The Morgan fingerprint density at radius 1 is 1.08 bits per heavy atom. The van der Waals surface area contributed by atoms with Gasteiger partial charge in [-0.3, -0.25) is 4.79 Å². The molecule has 2 aromatic carbocycles. The third kappa shape index (κ3) is 3.36. The fourth-order valence-corrected chi connectivity index (χ4v) is 3.29. The number of nitrogens with zero attached hydrogens (tertiary/aromatic N) is 1. The molecule has 126 valence electrons. The highest BCUT2D eigenvalue weighted by Crippen LogP contribution is 2.35. The van der Waals surface area contributed by atoms with Crippen molar-refractivity contribution in [3.8, 4) is 11.5 Å². The van der Waals surface area contributed by atoms with Gasteiger partial charge in [0.15, 0.2) is 0 Å². The third-order valence-corrected chi connectivity index (χ3v) is 4.69. The molecule has 0 aliphatic carbocycles. The number of phenolic OH excluding ortho intramolecular Hbond substituents is 2. The van der Waals surface area contributed by atoms with E-state index in [1.807, 2.05) is 30.3 Å². The average molecular weight is 326 g/mol. The summed E-state index contributed by atoms with van der Waals surface area (Å²) in [4.78, 5) is 14.4. The zero-order valence-electron chi connectivity index (χ0n) is 13.4. The van der Waals surface area contributed by atoms with Gasteiger partial charge in [-0.25, -0.2) is 0 Å². The minimum atomic E-state index is -0.634. The average Bonchev–Trinajstić information content (AvgIpc) is 2.61. The first kappa shape index (κ1) is 16.3. The third-order valence-electron chi connectivity index (χ3n) is 4.69. The summed E-state index contributed by atoms with van der Waals surface area (Å²) in [5.74, 6) is 0.288. The van der Waals surface area contributed by atoms with Crippen LogP contribution in [0.5, 0.6) is 11.5 Å². The Morgan fingerprint density at radius 2 is 1.75 bits per heavy atom. The normalized spacial score (nSPS) is 16.8. The lowest BCUT2D eigenvalue weighted by atomic mass is 9.88. The lowest BCUT2D eigenvalue weighted by Gasteiger charge is -2.34. The Kier molecular flexibility index (Phi) is 4.71. The first-order chi connectivity index (χ1) is 11.6. The number of benzene rings is 2. The van der Waals surface area contributed by atoms with Crippen molar-refractivity contribution >= 4 is 5.91 Å². The van der Waals surface area contributed by atoms with Crippen molar-refractivity contribution in [2.45, 2.75) is 24.8 Å². The minimum absolute atomic E-state index is 0.0534. The molecule has 0 aromatic heterocycles. The number of nitrogens with two attached hydrogens (primary N) is 1. The number of rotatable bonds is 3. The molecule has 0 saturated carbocycles. The molecule has 3 rings (SSSR count). The van der Waals surface area contributed by atoms with Crippen molar-refractivity contribution in [1.82, 2.24) is 4.90 Å². The molecule has 1 amide bonds. The molecule has 24 heavy (non-hydrogen) atoms. The Hall–Kier alpha value is -2.53. The van der Waals surface area contributed by atoms with Crippen LogP contribution in [0.2, 0.25) is 0 Å². The van der Waals surface area contributed by atoms with Gasteiger partial charge in [0, 0.05) is 19.2 Å². The maximum Gasteiger partial charge on any atom is 0.244 e. The molecule has 1 aliphatic heterocycles. The van der Waals surface area contributed by atoms with Crippen molar-refractivity contribution in [1.29, 1.82) is 0 Å². The van der Waals surface area contributed by atoms with Crippen LogP contribution in [0.15, 0.2) is 48.5 Å². The monoisotopic (exact) mass is 326 g/mol. The molecular formula is C19H22N2O3. The fraction of sp³-hybridized carbons (Fsp3) is 0.316. The van der Waals surface area contributed by atoms with E-state index in [1.54, 1.807) is 17.0 Å². The van der Waals surface area contributed by atoms with Crippen molar-refractivity contribution in [3.05, 3.63) is 59.7 Å². The first-order valence-corrected chi connectivity index (χ1v) is 8.17. The number of hydrogen-bond donors (Lipinski definition) is 3. The summed E-state index contributed by atoms with van der Waals surface area (Å²) >= 11 is 0. The van der Waals surface area contributed by atoms with Crippen LogP contribution in [0.4, 0.5) is 0 Å². The number of hydrogen-bond acceptors (Lipinski definition) is 4. The van der Waals surface area contributed by atoms with Gasteiger partial charge in [0.05, 0.1) is 0 Å². The highest BCUT2D eigenvalue weighted by molar-refractivity contribution is 5.83. The van der Waals surface area contributed by atoms with E-state index in [9.17, 15) is 15.0 Å². The van der Waals surface area contributed by atoms with Gasteiger partial charge >= 0.3 is 0 Å². The van der Waals surface area contributed by atoms with Crippen molar-refractivity contribution in [2.24, 2.45) is 5.73 Å². The second-order valence-electron chi connectivity index (χ2n) is 6.23. The molecule has 4 N–H and O–H groups in total. The number of aromatic hydroxyl groups is 2. The first-order valence-electron chi connectivity index (χ1n) is 8.17. The molecular weight excluding hydrogens is 304 g/mol. The van der Waals surface area contributed by atoms with Gasteiger partial charge in [-0.15, -0.1) is 0 Å². The summed E-state index contributed by atoms with van der Waals surface area (Å²) in [5, 5.41) is 19.4. The molecule has 1 saturated heterocycles. The molecule has 0 radical (unpaired) electrons. The molecule has 1 unspecified atom stereocenters. The fourth-order valence-electron chi connectivity index (χ4n) is 3.29. The molecule has 5 heteroatoms. The Labute approximate surface area is 141 Å². The van der Waals surface area contributed by atoms with Crippen LogP contribution in [0.3, 0.4) is 0 Å². The number of carbonyl (C=O) groups is 1. The highest BCUT2D eigenvalue weighted by Gasteiger charge is 2.28. The zero-order chi connectivity index (χ0) is 17.1. The summed E-state index contributed by atoms with van der Waals surface area (Å²) in [7, 11) is 0. The van der Waals surface area contributed by atoms with Crippen LogP contribution in [0.1, 0.15) is 35.9 Å². The molecule has 1 fully saturated rings. The second kappa shape index (κ2) is 6.93. The zero-order valence-corrected chi connectivity index (χ0v) is 13.4. The number of likely N-dealkylation sites (tertiary alicyclic amines) is 1. The van der Waals surface area contributed by atoms with Gasteiger partial charge in [-0.1, -0.05) is 36.4 Å². The topological polar surface area (TPSA) is 86.8 Å². The van der Waals surface area contributed by atoms with Gasteiger partial charge in [0.25, 0.3) is 0 Å². The smallest absolute Gasteiger partial charge is 0.244 e. The van der Waals surface area contributed by atoms with Crippen LogP contribution in [-0.2, 0) is 4.79 Å². The molecule has 2 aromatic rings. The number of phenols is 2. The standard InChI is InChI=1S/C19H22N2O3/c20-18(14-4-2-1-3-5-14)19(24)21-10-8-13(9-11-21)16-7-6-15(22)12-17(16)23/h1-7,12-13,18,22-23H,8-11,20H2. The SMILES string of the molecule is NC(C(=O)N1CCC(c2ccc(O)cc2O)CC1)c1ccccc1. The summed E-state index contributed by atoms with van der Waals surface area (Å²) in [6.07, 6.45) is 1.54. The summed E-state index contributed by atoms with van der Waals surface area (Å²) in [6, 6.07) is 13.4. The minimum Gasteiger partial charge on any atom is -0.508 e. The van der Waals surface area contributed by atoms with Crippen LogP contribution in [0.25, 0.3) is 0 Å². The number of piperidine rings is 1. The van der Waals surface area contributed by atoms with Crippen molar-refractivity contribution in [2.75, 3.05) is 13.1 Å². The van der Waals surface area contributed by atoms with E-state index in [1.165, 1.54) is 6.07 Å². The predicted octanol–water partition coefficient (Wildman–Crippen LogP) is 2.50. The maximum atomic E-state index is 12.6. The van der Waals surface area contributed by atoms with Crippen LogP contribution in [-0.4, -0.2) is 34.1 Å². The Bertz CT molecular complexity index is 710. The summed E-state index contributed by atoms with van der Waals surface area (Å²) in [6.45, 7) is 1.23. The van der Waals surface area contributed by atoms with E-state index in [4.69, 9.17) is 5.73 Å². The molecule has 1 aliphatic rings.